The first-order chi connectivity index (χ1) is 13.7. The molecule has 7 heteroatoms. The van der Waals surface area contributed by atoms with E-state index >= 15 is 0 Å². The monoisotopic (exact) mass is 393 g/mol. The molecule has 2 aromatic carbocycles. The Morgan fingerprint density at radius 3 is 2.71 bits per heavy atom. The number of oxazole rings is 1. The number of hydrazine groups is 1. The van der Waals surface area contributed by atoms with Crippen molar-refractivity contribution in [2.45, 2.75) is 30.2 Å². The van der Waals surface area contributed by atoms with E-state index in [0.717, 1.165) is 35.2 Å². The second kappa shape index (κ2) is 8.31. The number of carbonyl (C=O) groups excluding carboxylic acids is 2. The van der Waals surface area contributed by atoms with E-state index in [1.54, 1.807) is 18.2 Å². The maximum Gasteiger partial charge on any atom is 0.269 e. The zero-order valence-electron chi connectivity index (χ0n) is 15.1. The van der Waals surface area contributed by atoms with Crippen LogP contribution in [0, 0.1) is 0 Å². The Labute approximate surface area is 166 Å². The lowest BCUT2D eigenvalue weighted by Gasteiger charge is -2.15. The Balaban J connectivity index is 1.31. The van der Waals surface area contributed by atoms with Crippen LogP contribution in [0.1, 0.15) is 35.2 Å². The van der Waals surface area contributed by atoms with Gasteiger partial charge in [0.1, 0.15) is 5.52 Å². The van der Waals surface area contributed by atoms with Crippen molar-refractivity contribution in [1.29, 1.82) is 0 Å². The van der Waals surface area contributed by atoms with Crippen LogP contribution in [-0.2, 0) is 10.5 Å². The molecule has 0 atom stereocenters. The molecule has 1 aromatic heterocycles. The predicted molar refractivity (Wildman–Crippen MR) is 108 cm³/mol. The van der Waals surface area contributed by atoms with Crippen molar-refractivity contribution in [3.8, 4) is 0 Å². The molecule has 142 valence electrons. The molecule has 4 rings (SSSR count). The smallest absolute Gasteiger partial charge is 0.269 e. The highest BCUT2D eigenvalue weighted by atomic mass is 32.2. The molecule has 28 heavy (non-hydrogen) atoms. The van der Waals surface area contributed by atoms with Gasteiger partial charge >= 0.3 is 0 Å². The van der Waals surface area contributed by atoms with Crippen molar-refractivity contribution in [2.75, 3.05) is 0 Å². The zero-order valence-corrected chi connectivity index (χ0v) is 15.9. The number of carbonyl (C=O) groups is 2. The van der Waals surface area contributed by atoms with E-state index in [-0.39, 0.29) is 11.7 Å². The number of fused-ring (bicyclic) bond motifs is 1. The van der Waals surface area contributed by atoms with Gasteiger partial charge in [-0.25, -0.2) is 4.98 Å². The van der Waals surface area contributed by atoms with Gasteiger partial charge in [-0.1, -0.05) is 36.0 Å². The minimum atomic E-state index is -0.239. The number of thioether (sulfide) groups is 1. The summed E-state index contributed by atoms with van der Waals surface area (Å²) in [7, 11) is 0. The SMILES string of the molecule is O=C1C=C(NNC(=O)c2ccc(CSc3nc4ccccc4o3)cc2)CCC1. The summed E-state index contributed by atoms with van der Waals surface area (Å²) in [6.45, 7) is 0. The molecule has 6 nitrogen and oxygen atoms in total. The highest BCUT2D eigenvalue weighted by Crippen LogP contribution is 2.26. The van der Waals surface area contributed by atoms with Crippen molar-refractivity contribution in [1.82, 2.24) is 15.8 Å². The lowest BCUT2D eigenvalue weighted by atomic mass is 10.0. The molecular formula is C21H19N3O3S. The van der Waals surface area contributed by atoms with E-state index in [4.69, 9.17) is 4.42 Å². The van der Waals surface area contributed by atoms with Crippen molar-refractivity contribution in [2.24, 2.45) is 0 Å². The third-order valence-electron chi connectivity index (χ3n) is 4.39. The largest absolute Gasteiger partial charge is 0.431 e. The average Bonchev–Trinajstić information content (AvgIpc) is 3.14. The third-order valence-corrected chi connectivity index (χ3v) is 5.29. The van der Waals surface area contributed by atoms with Gasteiger partial charge in [-0.05, 0) is 42.7 Å². The Kier molecular flexibility index (Phi) is 5.43. The van der Waals surface area contributed by atoms with Crippen LogP contribution in [0.2, 0.25) is 0 Å². The molecular weight excluding hydrogens is 374 g/mol. The minimum absolute atomic E-state index is 0.0868. The van der Waals surface area contributed by atoms with Gasteiger partial charge in [-0.15, -0.1) is 0 Å². The standard InChI is InChI=1S/C21H19N3O3S/c25-17-5-3-4-16(12-17)23-24-20(26)15-10-8-14(9-11-15)13-28-21-22-18-6-1-2-7-19(18)27-21/h1-2,6-12,23H,3-5,13H2,(H,24,26). The van der Waals surface area contributed by atoms with E-state index in [0.29, 0.717) is 23.0 Å². The van der Waals surface area contributed by atoms with Gasteiger partial charge in [0, 0.05) is 29.5 Å². The molecule has 1 heterocycles. The molecule has 0 unspecified atom stereocenters. The number of nitrogens with zero attached hydrogens (tertiary/aromatic N) is 1. The average molecular weight is 393 g/mol. The lowest BCUT2D eigenvalue weighted by molar-refractivity contribution is -0.115. The summed E-state index contributed by atoms with van der Waals surface area (Å²) in [5, 5.41) is 0.627. The molecule has 2 N–H and O–H groups in total. The Hall–Kier alpha value is -3.06. The van der Waals surface area contributed by atoms with Gasteiger partial charge in [0.05, 0.1) is 0 Å². The van der Waals surface area contributed by atoms with Gasteiger partial charge in [-0.2, -0.15) is 0 Å². The quantitative estimate of drug-likeness (QED) is 0.487. The van der Waals surface area contributed by atoms with Crippen LogP contribution in [0.25, 0.3) is 11.1 Å². The molecule has 0 spiro atoms. The number of allylic oxidation sites excluding steroid dienone is 2. The van der Waals surface area contributed by atoms with Crippen LogP contribution >= 0.6 is 11.8 Å². The van der Waals surface area contributed by atoms with Crippen LogP contribution < -0.4 is 10.9 Å². The van der Waals surface area contributed by atoms with E-state index in [1.807, 2.05) is 36.4 Å². The van der Waals surface area contributed by atoms with Crippen molar-refractivity contribution < 1.29 is 14.0 Å². The van der Waals surface area contributed by atoms with E-state index < -0.39 is 0 Å². The third kappa shape index (κ3) is 4.43. The molecule has 0 bridgehead atoms. The highest BCUT2D eigenvalue weighted by molar-refractivity contribution is 7.98. The number of hydrogen-bond acceptors (Lipinski definition) is 6. The maximum atomic E-state index is 12.2. The van der Waals surface area contributed by atoms with E-state index in [9.17, 15) is 9.59 Å². The molecule has 0 fully saturated rings. The fourth-order valence-electron chi connectivity index (χ4n) is 2.91. The fraction of sp³-hybridized carbons (Fsp3) is 0.190. The maximum absolute atomic E-state index is 12.2. The molecule has 0 saturated carbocycles. The second-order valence-electron chi connectivity index (χ2n) is 6.50. The van der Waals surface area contributed by atoms with Gasteiger partial charge in [-0.3, -0.25) is 15.0 Å². The van der Waals surface area contributed by atoms with Gasteiger partial charge in [0.2, 0.25) is 0 Å². The van der Waals surface area contributed by atoms with Crippen LogP contribution in [0.5, 0.6) is 0 Å². The topological polar surface area (TPSA) is 84.2 Å². The van der Waals surface area contributed by atoms with Gasteiger partial charge < -0.3 is 9.84 Å². The number of benzene rings is 2. The number of para-hydroxylation sites is 2. The number of amides is 1. The Morgan fingerprint density at radius 2 is 1.93 bits per heavy atom. The summed E-state index contributed by atoms with van der Waals surface area (Å²) in [4.78, 5) is 28.1. The molecule has 0 radical (unpaired) electrons. The summed E-state index contributed by atoms with van der Waals surface area (Å²) in [5.41, 5.74) is 9.47. The van der Waals surface area contributed by atoms with E-state index in [2.05, 4.69) is 15.8 Å². The normalized spacial score (nSPS) is 14.0. The first kappa shape index (κ1) is 18.3. The van der Waals surface area contributed by atoms with Crippen molar-refractivity contribution in [3.63, 3.8) is 0 Å². The van der Waals surface area contributed by atoms with Crippen LogP contribution in [0.3, 0.4) is 0 Å². The Morgan fingerprint density at radius 1 is 1.11 bits per heavy atom. The predicted octanol–water partition coefficient (Wildman–Crippen LogP) is 3.99. The summed E-state index contributed by atoms with van der Waals surface area (Å²) < 4.78 is 5.70. The number of ketones is 1. The fourth-order valence-corrected chi connectivity index (χ4v) is 3.70. The van der Waals surface area contributed by atoms with E-state index in [1.165, 1.54) is 11.8 Å². The van der Waals surface area contributed by atoms with Crippen LogP contribution in [0.15, 0.2) is 69.9 Å². The van der Waals surface area contributed by atoms with Crippen LogP contribution in [-0.4, -0.2) is 16.7 Å². The van der Waals surface area contributed by atoms with Crippen molar-refractivity contribution in [3.05, 3.63) is 71.4 Å². The minimum Gasteiger partial charge on any atom is -0.431 e. The summed E-state index contributed by atoms with van der Waals surface area (Å²) in [5.74, 6) is 0.544. The molecule has 1 aliphatic carbocycles. The molecule has 1 aliphatic rings. The molecule has 1 amide bonds. The summed E-state index contributed by atoms with van der Waals surface area (Å²) in [6.07, 6.45) is 3.69. The highest BCUT2D eigenvalue weighted by Gasteiger charge is 2.11. The number of rotatable bonds is 6. The number of aromatic nitrogens is 1. The summed E-state index contributed by atoms with van der Waals surface area (Å²) >= 11 is 1.51. The second-order valence-corrected chi connectivity index (χ2v) is 7.43. The zero-order chi connectivity index (χ0) is 19.3. The number of nitrogens with one attached hydrogen (secondary N) is 2. The van der Waals surface area contributed by atoms with Crippen LogP contribution in [0.4, 0.5) is 0 Å². The first-order valence-electron chi connectivity index (χ1n) is 9.04. The summed E-state index contributed by atoms with van der Waals surface area (Å²) in [6, 6.07) is 15.0. The van der Waals surface area contributed by atoms with Gasteiger partial charge in [0.25, 0.3) is 11.1 Å². The molecule has 0 aliphatic heterocycles. The molecule has 0 saturated heterocycles. The Bertz CT molecular complexity index is 1010. The molecule has 3 aromatic rings. The number of hydrogen-bond donors (Lipinski definition) is 2. The first-order valence-corrected chi connectivity index (χ1v) is 10.0. The van der Waals surface area contributed by atoms with Gasteiger partial charge in [0.15, 0.2) is 11.4 Å². The van der Waals surface area contributed by atoms with Crippen molar-refractivity contribution >= 4 is 34.6 Å². The lowest BCUT2D eigenvalue weighted by Crippen LogP contribution is -2.37.